The maximum atomic E-state index is 13.7. The molecule has 5 aromatic rings. The van der Waals surface area contributed by atoms with Crippen LogP contribution in [0.3, 0.4) is 0 Å². The summed E-state index contributed by atoms with van der Waals surface area (Å²) in [7, 11) is 0. The summed E-state index contributed by atoms with van der Waals surface area (Å²) in [5, 5.41) is 0. The Morgan fingerprint density at radius 3 is 2.34 bits per heavy atom. The first-order chi connectivity index (χ1) is 19.9. The van der Waals surface area contributed by atoms with Crippen molar-refractivity contribution in [2.24, 2.45) is 0 Å². The van der Waals surface area contributed by atoms with Gasteiger partial charge in [0.2, 0.25) is 23.1 Å². The highest BCUT2D eigenvalue weighted by Gasteiger charge is 2.47. The first kappa shape index (κ1) is 25.6. The van der Waals surface area contributed by atoms with Crippen LogP contribution in [0.15, 0.2) is 110 Å². The molecule has 2 aliphatic rings. The molecule has 0 spiro atoms. The third-order valence-electron chi connectivity index (χ3n) is 9.11. The van der Waals surface area contributed by atoms with E-state index in [1.807, 2.05) is 12.1 Å². The van der Waals surface area contributed by atoms with Gasteiger partial charge < -0.3 is 0 Å². The molecule has 0 fully saturated rings. The summed E-state index contributed by atoms with van der Waals surface area (Å²) in [6.07, 6.45) is 6.55. The first-order valence-corrected chi connectivity index (χ1v) is 14.6. The van der Waals surface area contributed by atoms with Gasteiger partial charge in [0.15, 0.2) is 12.4 Å². The van der Waals surface area contributed by atoms with E-state index in [0.717, 1.165) is 35.4 Å². The molecule has 0 amide bonds. The fraction of sp³-hybridized carbons (Fsp3) is 0.211. The largest absolute Gasteiger partial charge is 0.249 e. The summed E-state index contributed by atoms with van der Waals surface area (Å²) in [6.45, 7) is 11.6. The second-order valence-corrected chi connectivity index (χ2v) is 11.9. The molecule has 2 atom stereocenters. The van der Waals surface area contributed by atoms with Crippen molar-refractivity contribution >= 4 is 5.70 Å². The second-order valence-electron chi connectivity index (χ2n) is 11.9. The Morgan fingerprint density at radius 2 is 1.56 bits per heavy atom. The van der Waals surface area contributed by atoms with Gasteiger partial charge in [-0.05, 0) is 84.3 Å². The molecule has 2 nitrogen and oxygen atoms in total. The number of aryl methyl sites for hydroxylation is 2. The van der Waals surface area contributed by atoms with E-state index in [2.05, 4.69) is 109 Å². The molecule has 0 bridgehead atoms. The highest BCUT2D eigenvalue weighted by Crippen LogP contribution is 2.45. The lowest BCUT2D eigenvalue weighted by Gasteiger charge is -2.30. The minimum atomic E-state index is -0.222. The van der Waals surface area contributed by atoms with E-state index in [1.54, 1.807) is 0 Å². The molecular weight excluding hydrogens is 503 g/mol. The number of allylic oxidation sites excluding steroid dienone is 1. The summed E-state index contributed by atoms with van der Waals surface area (Å²) < 4.78 is 18.5. The molecule has 0 aliphatic carbocycles. The van der Waals surface area contributed by atoms with E-state index in [0.29, 0.717) is 5.92 Å². The van der Waals surface area contributed by atoms with Gasteiger partial charge >= 0.3 is 0 Å². The highest BCUT2D eigenvalue weighted by atomic mass is 19.1. The zero-order valence-corrected chi connectivity index (χ0v) is 23.9. The van der Waals surface area contributed by atoms with Crippen LogP contribution in [-0.4, -0.2) is 0 Å². The predicted molar refractivity (Wildman–Crippen MR) is 164 cm³/mol. The van der Waals surface area contributed by atoms with Crippen LogP contribution in [0, 0.1) is 12.7 Å². The van der Waals surface area contributed by atoms with Gasteiger partial charge in [-0.2, -0.15) is 9.13 Å². The maximum Gasteiger partial charge on any atom is 0.249 e. The monoisotopic (exact) mass is 538 g/mol. The minimum Gasteiger partial charge on any atom is -0.207 e. The molecule has 2 unspecified atom stereocenters. The van der Waals surface area contributed by atoms with Crippen LogP contribution >= 0.6 is 0 Å². The lowest BCUT2D eigenvalue weighted by molar-refractivity contribution is -0.727. The topological polar surface area (TPSA) is 7.76 Å². The molecule has 0 saturated carbocycles. The number of benzene rings is 3. The zero-order chi connectivity index (χ0) is 28.2. The van der Waals surface area contributed by atoms with Crippen molar-refractivity contribution in [3.63, 3.8) is 0 Å². The highest BCUT2D eigenvalue weighted by molar-refractivity contribution is 5.72. The molecule has 0 saturated heterocycles. The molecule has 0 N–H and O–H groups in total. The van der Waals surface area contributed by atoms with Crippen molar-refractivity contribution in [2.75, 3.05) is 0 Å². The average Bonchev–Trinajstić information content (AvgIpc) is 3.04. The molecule has 202 valence electrons. The zero-order valence-electron chi connectivity index (χ0n) is 23.9. The Labute approximate surface area is 242 Å². The van der Waals surface area contributed by atoms with Crippen molar-refractivity contribution in [1.82, 2.24) is 0 Å². The van der Waals surface area contributed by atoms with Gasteiger partial charge in [0.25, 0.3) is 0 Å². The van der Waals surface area contributed by atoms with E-state index in [-0.39, 0.29) is 17.8 Å². The maximum absolute atomic E-state index is 13.7. The lowest BCUT2D eigenvalue weighted by Crippen LogP contribution is -2.53. The molecule has 4 heterocycles. The Morgan fingerprint density at radius 1 is 0.829 bits per heavy atom. The van der Waals surface area contributed by atoms with Crippen LogP contribution in [0.25, 0.3) is 39.3 Å². The lowest BCUT2D eigenvalue weighted by atomic mass is 9.78. The van der Waals surface area contributed by atoms with Gasteiger partial charge in [0, 0.05) is 34.9 Å². The molecule has 0 radical (unpaired) electrons. The van der Waals surface area contributed by atoms with Crippen molar-refractivity contribution in [2.45, 2.75) is 51.5 Å². The van der Waals surface area contributed by atoms with Crippen molar-refractivity contribution in [1.29, 1.82) is 0 Å². The normalized spacial score (nSPS) is 17.3. The Balaban J connectivity index is 1.49. The number of pyridine rings is 2. The summed E-state index contributed by atoms with van der Waals surface area (Å²) in [5.41, 5.74) is 13.5. The molecule has 2 aromatic heterocycles. The van der Waals surface area contributed by atoms with Crippen molar-refractivity contribution in [3.8, 4) is 33.6 Å². The molecule has 2 aliphatic heterocycles. The first-order valence-electron chi connectivity index (χ1n) is 14.6. The third-order valence-corrected chi connectivity index (χ3v) is 9.11. The standard InChI is InChI=1S/C38H35FN2/c1-24(2)35-23-41-36(21-25(35)3)33-12-8-7-11-32(33)34-18-15-28-9-5-6-10-31(28)37-22-29(27-13-16-30(39)17-14-27)19-20-40(37)26(4)38(34)41/h5-14,16-17,19-24,34,38H,4,15,18H2,1-3H3/q+2. The van der Waals surface area contributed by atoms with Crippen LogP contribution in [0.2, 0.25) is 0 Å². The van der Waals surface area contributed by atoms with Crippen LogP contribution in [0.4, 0.5) is 4.39 Å². The predicted octanol–water partition coefficient (Wildman–Crippen LogP) is 8.59. The van der Waals surface area contributed by atoms with Crippen LogP contribution in [0.5, 0.6) is 0 Å². The molecule has 3 aromatic carbocycles. The third kappa shape index (κ3) is 4.23. The number of fused-ring (bicyclic) bond motifs is 9. The van der Waals surface area contributed by atoms with Crippen LogP contribution in [0.1, 0.15) is 60.4 Å². The number of hydrogen-bond acceptors (Lipinski definition) is 0. The summed E-state index contributed by atoms with van der Waals surface area (Å²) >= 11 is 0. The fourth-order valence-electron chi connectivity index (χ4n) is 7.08. The quantitative estimate of drug-likeness (QED) is 0.199. The van der Waals surface area contributed by atoms with E-state index >= 15 is 0 Å². The molecule has 3 heteroatoms. The SMILES string of the molecule is C=C1C2C(CCc3ccccc3-c3cc(-c4ccc(F)cc4)cc[n+]31)c1ccccc1-c1cc(C)c(C(C)C)c[n+]12. The second kappa shape index (κ2) is 9.92. The van der Waals surface area contributed by atoms with Gasteiger partial charge in [0.05, 0.1) is 5.92 Å². The average molecular weight is 539 g/mol. The number of nitrogens with zero attached hydrogens (tertiary/aromatic N) is 2. The van der Waals surface area contributed by atoms with Gasteiger partial charge in [-0.25, -0.2) is 4.39 Å². The van der Waals surface area contributed by atoms with Crippen molar-refractivity contribution < 1.29 is 13.5 Å². The Bertz CT molecular complexity index is 1820. The fourth-order valence-corrected chi connectivity index (χ4v) is 7.08. The van der Waals surface area contributed by atoms with E-state index in [4.69, 9.17) is 6.58 Å². The summed E-state index contributed by atoms with van der Waals surface area (Å²) in [5.74, 6) is 0.484. The smallest absolute Gasteiger partial charge is 0.207 e. The van der Waals surface area contributed by atoms with E-state index in [1.165, 1.54) is 51.2 Å². The molecule has 7 rings (SSSR count). The number of aromatic nitrogens is 2. The molecular formula is C38H35FN2+2. The number of halogens is 1. The molecule has 41 heavy (non-hydrogen) atoms. The summed E-state index contributed by atoms with van der Waals surface area (Å²) in [4.78, 5) is 0. The Kier molecular flexibility index (Phi) is 6.19. The van der Waals surface area contributed by atoms with E-state index < -0.39 is 0 Å². The van der Waals surface area contributed by atoms with E-state index in [9.17, 15) is 4.39 Å². The number of rotatable bonds is 2. The van der Waals surface area contributed by atoms with Crippen molar-refractivity contribution in [3.05, 3.63) is 138 Å². The van der Waals surface area contributed by atoms with Crippen LogP contribution in [-0.2, 0) is 6.42 Å². The van der Waals surface area contributed by atoms with Gasteiger partial charge in [-0.1, -0.05) is 62.4 Å². The number of hydrogen-bond donors (Lipinski definition) is 0. The van der Waals surface area contributed by atoms with Gasteiger partial charge in [-0.15, -0.1) is 0 Å². The summed E-state index contributed by atoms with van der Waals surface area (Å²) in [6, 6.07) is 31.3. The van der Waals surface area contributed by atoms with Crippen LogP contribution < -0.4 is 9.13 Å². The minimum absolute atomic E-state index is 0.0627. The Hall–Kier alpha value is -4.37. The van der Waals surface area contributed by atoms with Gasteiger partial charge in [-0.3, -0.25) is 0 Å². The van der Waals surface area contributed by atoms with Gasteiger partial charge in [0.1, 0.15) is 5.82 Å².